The normalized spacial score (nSPS) is 11.0. The molecule has 0 saturated carbocycles. The zero-order valence-electron chi connectivity index (χ0n) is 13.2. The Morgan fingerprint density at radius 2 is 0.957 bits per heavy atom. The summed E-state index contributed by atoms with van der Waals surface area (Å²) in [6, 6.07) is 0. The van der Waals surface area contributed by atoms with E-state index in [-0.39, 0.29) is 30.5 Å². The number of rotatable bonds is 10. The third-order valence-corrected chi connectivity index (χ3v) is 2.89. The van der Waals surface area contributed by atoms with Crippen molar-refractivity contribution in [1.29, 1.82) is 0 Å². The van der Waals surface area contributed by atoms with Crippen LogP contribution in [0.25, 0.3) is 0 Å². The van der Waals surface area contributed by atoms with Gasteiger partial charge in [-0.05, 0) is 5.92 Å². The van der Waals surface area contributed by atoms with Crippen LogP contribution in [0.5, 0.6) is 0 Å². The lowest BCUT2D eigenvalue weighted by Gasteiger charge is -2.26. The monoisotopic (exact) mass is 332 g/mol. The van der Waals surface area contributed by atoms with Crippen LogP contribution in [-0.4, -0.2) is 80.7 Å². The molecule has 0 amide bonds. The van der Waals surface area contributed by atoms with Crippen LogP contribution < -0.4 is 14.7 Å². The fourth-order valence-corrected chi connectivity index (χ4v) is 1.75. The van der Waals surface area contributed by atoms with Crippen molar-refractivity contribution in [1.82, 2.24) is 15.0 Å². The highest BCUT2D eigenvalue weighted by atomic mass is 16.3. The minimum absolute atomic E-state index is 0.0518. The van der Waals surface area contributed by atoms with Crippen molar-refractivity contribution in [2.75, 3.05) is 54.9 Å². The minimum atomic E-state index is -0.541. The van der Waals surface area contributed by atoms with Gasteiger partial charge in [0.15, 0.2) is 0 Å². The smallest absolute Gasteiger partial charge is 0.235 e. The summed E-state index contributed by atoms with van der Waals surface area (Å²) < 4.78 is 0. The highest BCUT2D eigenvalue weighted by Crippen LogP contribution is 2.19. The molecule has 0 aliphatic rings. The Morgan fingerprint density at radius 1 is 0.652 bits per heavy atom. The number of aromatic nitrogens is 3. The van der Waals surface area contributed by atoms with Crippen LogP contribution in [0, 0.1) is 5.92 Å². The highest BCUT2D eigenvalue weighted by molar-refractivity contribution is 5.45. The number of hydrogen-bond donors (Lipinski definition) is 5. The standard InChI is InChI=1S/C12H24N6O5/c1-9(2)3-16(4-19)10-13-11(17(5-20)6-21)15-12(14-10)18(7-22)8-23/h9,19-23H,3-8H2,1-2H3. The zero-order chi connectivity index (χ0) is 17.4. The van der Waals surface area contributed by atoms with Crippen LogP contribution in [0.2, 0.25) is 0 Å². The first-order valence-electron chi connectivity index (χ1n) is 7.05. The van der Waals surface area contributed by atoms with Crippen LogP contribution in [0.15, 0.2) is 0 Å². The Labute approximate surface area is 134 Å². The van der Waals surface area contributed by atoms with E-state index in [4.69, 9.17) is 0 Å². The van der Waals surface area contributed by atoms with Gasteiger partial charge in [0.05, 0.1) is 0 Å². The molecule has 0 radical (unpaired) electrons. The molecule has 0 saturated heterocycles. The van der Waals surface area contributed by atoms with Crippen molar-refractivity contribution in [2.24, 2.45) is 5.92 Å². The third kappa shape index (κ3) is 5.11. The fraction of sp³-hybridized carbons (Fsp3) is 0.750. The molecule has 0 aromatic carbocycles. The topological polar surface area (TPSA) is 150 Å². The second-order valence-corrected chi connectivity index (χ2v) is 5.14. The van der Waals surface area contributed by atoms with E-state index in [0.29, 0.717) is 6.54 Å². The number of aliphatic hydroxyl groups excluding tert-OH is 5. The number of hydrogen-bond acceptors (Lipinski definition) is 11. The second-order valence-electron chi connectivity index (χ2n) is 5.14. The molecular weight excluding hydrogens is 308 g/mol. The van der Waals surface area contributed by atoms with E-state index < -0.39 is 26.9 Å². The molecular formula is C12H24N6O5. The summed E-state index contributed by atoms with van der Waals surface area (Å²) in [5.41, 5.74) is 0. The van der Waals surface area contributed by atoms with Gasteiger partial charge in [0.1, 0.15) is 33.7 Å². The van der Waals surface area contributed by atoms with E-state index in [0.717, 1.165) is 9.80 Å². The molecule has 11 nitrogen and oxygen atoms in total. The SMILES string of the molecule is CC(C)CN(CO)c1nc(N(CO)CO)nc(N(CO)CO)n1. The van der Waals surface area contributed by atoms with Crippen LogP contribution >= 0.6 is 0 Å². The summed E-state index contributed by atoms with van der Waals surface area (Å²) >= 11 is 0. The van der Waals surface area contributed by atoms with Gasteiger partial charge in [0.2, 0.25) is 17.8 Å². The Morgan fingerprint density at radius 3 is 1.22 bits per heavy atom. The van der Waals surface area contributed by atoms with Crippen LogP contribution in [0.4, 0.5) is 17.8 Å². The van der Waals surface area contributed by atoms with E-state index in [1.807, 2.05) is 13.8 Å². The van der Waals surface area contributed by atoms with Gasteiger partial charge < -0.3 is 30.4 Å². The Balaban J connectivity index is 3.31. The van der Waals surface area contributed by atoms with Gasteiger partial charge in [0.25, 0.3) is 0 Å². The van der Waals surface area contributed by atoms with Crippen LogP contribution in [0.3, 0.4) is 0 Å². The number of nitrogens with zero attached hydrogens (tertiary/aromatic N) is 6. The fourth-order valence-electron chi connectivity index (χ4n) is 1.75. The molecule has 11 heteroatoms. The van der Waals surface area contributed by atoms with Gasteiger partial charge >= 0.3 is 0 Å². The summed E-state index contributed by atoms with van der Waals surface area (Å²) in [5, 5.41) is 46.5. The molecule has 0 atom stereocenters. The predicted octanol–water partition coefficient (Wildman–Crippen LogP) is -2.30. The lowest BCUT2D eigenvalue weighted by Crippen LogP contribution is -2.35. The maximum atomic E-state index is 9.52. The predicted molar refractivity (Wildman–Crippen MR) is 82.4 cm³/mol. The maximum absolute atomic E-state index is 9.52. The van der Waals surface area contributed by atoms with Crippen LogP contribution in [0.1, 0.15) is 13.8 Å². The Kier molecular flexibility index (Phi) is 7.85. The van der Waals surface area contributed by atoms with Crippen molar-refractivity contribution in [3.8, 4) is 0 Å². The van der Waals surface area contributed by atoms with Gasteiger partial charge in [-0.3, -0.25) is 9.80 Å². The Hall–Kier alpha value is -1.79. The number of anilines is 3. The molecule has 132 valence electrons. The quantitative estimate of drug-likeness (QED) is 0.294. The van der Waals surface area contributed by atoms with Gasteiger partial charge in [-0.2, -0.15) is 15.0 Å². The van der Waals surface area contributed by atoms with E-state index in [9.17, 15) is 25.5 Å². The van der Waals surface area contributed by atoms with Gasteiger partial charge in [-0.15, -0.1) is 0 Å². The molecule has 0 aliphatic carbocycles. The second kappa shape index (κ2) is 9.37. The molecule has 1 aromatic heterocycles. The van der Waals surface area contributed by atoms with E-state index in [1.165, 1.54) is 4.90 Å². The average molecular weight is 332 g/mol. The van der Waals surface area contributed by atoms with Crippen LogP contribution in [-0.2, 0) is 0 Å². The summed E-state index contributed by atoms with van der Waals surface area (Å²) in [4.78, 5) is 15.8. The Bertz CT molecular complexity index is 439. The molecule has 0 bridgehead atoms. The summed E-state index contributed by atoms with van der Waals surface area (Å²) in [5.74, 6) is 0.206. The lowest BCUT2D eigenvalue weighted by molar-refractivity contribution is 0.217. The maximum Gasteiger partial charge on any atom is 0.235 e. The summed E-state index contributed by atoms with van der Waals surface area (Å²) in [7, 11) is 0. The van der Waals surface area contributed by atoms with Crippen molar-refractivity contribution >= 4 is 17.8 Å². The van der Waals surface area contributed by atoms with E-state index in [2.05, 4.69) is 15.0 Å². The van der Waals surface area contributed by atoms with Crippen molar-refractivity contribution in [3.63, 3.8) is 0 Å². The molecule has 0 fully saturated rings. The summed E-state index contributed by atoms with van der Waals surface area (Å²) in [6.07, 6.45) is 0. The molecule has 0 aliphatic heterocycles. The lowest BCUT2D eigenvalue weighted by atomic mass is 10.2. The average Bonchev–Trinajstić information content (AvgIpc) is 2.54. The van der Waals surface area contributed by atoms with Gasteiger partial charge in [-0.25, -0.2) is 0 Å². The van der Waals surface area contributed by atoms with Crippen molar-refractivity contribution < 1.29 is 25.5 Å². The zero-order valence-corrected chi connectivity index (χ0v) is 13.2. The molecule has 0 spiro atoms. The first-order chi connectivity index (χ1) is 11.0. The molecule has 1 aromatic rings. The molecule has 1 rings (SSSR count). The highest BCUT2D eigenvalue weighted by Gasteiger charge is 2.19. The number of aliphatic hydroxyl groups is 5. The molecule has 5 N–H and O–H groups in total. The van der Waals surface area contributed by atoms with Crippen molar-refractivity contribution in [2.45, 2.75) is 13.8 Å². The first-order valence-corrected chi connectivity index (χ1v) is 7.05. The molecule has 1 heterocycles. The largest absolute Gasteiger partial charge is 0.376 e. The van der Waals surface area contributed by atoms with E-state index in [1.54, 1.807) is 0 Å². The van der Waals surface area contributed by atoms with E-state index >= 15 is 0 Å². The summed E-state index contributed by atoms with van der Waals surface area (Å²) in [6.45, 7) is 1.84. The van der Waals surface area contributed by atoms with Gasteiger partial charge in [-0.1, -0.05) is 13.8 Å². The molecule has 23 heavy (non-hydrogen) atoms. The van der Waals surface area contributed by atoms with Crippen molar-refractivity contribution in [3.05, 3.63) is 0 Å². The molecule has 0 unspecified atom stereocenters. The minimum Gasteiger partial charge on any atom is -0.376 e. The third-order valence-electron chi connectivity index (χ3n) is 2.89. The van der Waals surface area contributed by atoms with Gasteiger partial charge in [0, 0.05) is 6.54 Å². The first kappa shape index (κ1) is 19.3.